The first-order valence-electron chi connectivity index (χ1n) is 9.30. The Morgan fingerprint density at radius 2 is 1.70 bits per heavy atom. The van der Waals surface area contributed by atoms with Crippen LogP contribution in [0.2, 0.25) is 0 Å². The number of β-amino-alcohol motifs (C(OH)–C–C–N with tert-alkyl or cyclic N) is 1. The fourth-order valence-corrected chi connectivity index (χ4v) is 3.16. The highest BCUT2D eigenvalue weighted by Gasteiger charge is 2.22. The van der Waals surface area contributed by atoms with Gasteiger partial charge < -0.3 is 20.5 Å². The van der Waals surface area contributed by atoms with Crippen molar-refractivity contribution in [1.82, 2.24) is 9.80 Å². The largest absolute Gasteiger partial charge is 0.491 e. The molecule has 0 aliphatic carbocycles. The number of aliphatic hydroxyl groups is 1. The van der Waals surface area contributed by atoms with Crippen molar-refractivity contribution in [3.8, 4) is 5.75 Å². The molecule has 1 fully saturated rings. The molecule has 0 bridgehead atoms. The molecule has 0 radical (unpaired) electrons. The predicted molar refractivity (Wildman–Crippen MR) is 106 cm³/mol. The second kappa shape index (κ2) is 9.39. The molecule has 0 saturated carbocycles. The third-order valence-electron chi connectivity index (χ3n) is 4.71. The highest BCUT2D eigenvalue weighted by molar-refractivity contribution is 5.79. The number of anilines is 1. The zero-order chi connectivity index (χ0) is 19.1. The zero-order valence-corrected chi connectivity index (χ0v) is 15.5. The van der Waals surface area contributed by atoms with Gasteiger partial charge in [0.15, 0.2) is 0 Å². The quantitative estimate of drug-likeness (QED) is 0.721. The van der Waals surface area contributed by atoms with E-state index in [9.17, 15) is 9.90 Å². The molecule has 6 nitrogen and oxygen atoms in total. The minimum Gasteiger partial charge on any atom is -0.491 e. The smallest absolute Gasteiger partial charge is 0.227 e. The molecule has 2 aromatic rings. The predicted octanol–water partition coefficient (Wildman–Crippen LogP) is 1.40. The summed E-state index contributed by atoms with van der Waals surface area (Å²) in [6.07, 6.45) is -0.157. The molecule has 1 unspecified atom stereocenters. The van der Waals surface area contributed by atoms with E-state index in [1.807, 2.05) is 59.5 Å². The number of piperazine rings is 1. The first-order chi connectivity index (χ1) is 13.1. The lowest BCUT2D eigenvalue weighted by atomic mass is 10.1. The van der Waals surface area contributed by atoms with E-state index in [1.54, 1.807) is 0 Å². The minimum absolute atomic E-state index is 0.132. The Kier molecular flexibility index (Phi) is 6.68. The fourth-order valence-electron chi connectivity index (χ4n) is 3.16. The standard InChI is InChI=1S/C21H27N3O3/c22-18-8-6-17(7-9-18)14-21(26)24-12-10-23(11-13-24)15-19(25)16-27-20-4-2-1-3-5-20/h1-9,19,25H,10-16,22H2. The number of nitrogens with zero attached hydrogens (tertiary/aromatic N) is 2. The Balaban J connectivity index is 1.38. The van der Waals surface area contributed by atoms with Gasteiger partial charge in [0.05, 0.1) is 6.42 Å². The number of amides is 1. The average Bonchev–Trinajstić information content (AvgIpc) is 2.69. The van der Waals surface area contributed by atoms with Crippen molar-refractivity contribution in [2.24, 2.45) is 0 Å². The maximum atomic E-state index is 12.4. The lowest BCUT2D eigenvalue weighted by molar-refractivity contribution is -0.132. The van der Waals surface area contributed by atoms with Crippen LogP contribution < -0.4 is 10.5 Å². The van der Waals surface area contributed by atoms with E-state index in [4.69, 9.17) is 10.5 Å². The highest BCUT2D eigenvalue weighted by Crippen LogP contribution is 2.11. The minimum atomic E-state index is -0.553. The van der Waals surface area contributed by atoms with E-state index < -0.39 is 6.10 Å². The van der Waals surface area contributed by atoms with Gasteiger partial charge in [-0.2, -0.15) is 0 Å². The number of hydrogen-bond acceptors (Lipinski definition) is 5. The number of nitrogen functional groups attached to an aromatic ring is 1. The highest BCUT2D eigenvalue weighted by atomic mass is 16.5. The summed E-state index contributed by atoms with van der Waals surface area (Å²) in [6, 6.07) is 16.9. The third kappa shape index (κ3) is 5.98. The number of hydrogen-bond donors (Lipinski definition) is 2. The van der Waals surface area contributed by atoms with Crippen molar-refractivity contribution in [2.45, 2.75) is 12.5 Å². The van der Waals surface area contributed by atoms with Gasteiger partial charge in [0.2, 0.25) is 5.91 Å². The fraction of sp³-hybridized carbons (Fsp3) is 0.381. The molecule has 27 heavy (non-hydrogen) atoms. The molecular formula is C21H27N3O3. The van der Waals surface area contributed by atoms with Crippen LogP contribution in [0.25, 0.3) is 0 Å². The Labute approximate surface area is 160 Å². The van der Waals surface area contributed by atoms with Crippen LogP contribution in [0.5, 0.6) is 5.75 Å². The van der Waals surface area contributed by atoms with Crippen LogP contribution >= 0.6 is 0 Å². The van der Waals surface area contributed by atoms with Crippen molar-refractivity contribution in [3.05, 3.63) is 60.2 Å². The Hall–Kier alpha value is -2.57. The number of para-hydroxylation sites is 1. The average molecular weight is 369 g/mol. The Morgan fingerprint density at radius 3 is 2.37 bits per heavy atom. The molecule has 1 aliphatic rings. The van der Waals surface area contributed by atoms with Crippen LogP contribution in [0.15, 0.2) is 54.6 Å². The Morgan fingerprint density at radius 1 is 1.04 bits per heavy atom. The van der Waals surface area contributed by atoms with Gasteiger partial charge in [-0.25, -0.2) is 0 Å². The van der Waals surface area contributed by atoms with Gasteiger partial charge in [0, 0.05) is 38.4 Å². The molecular weight excluding hydrogens is 342 g/mol. The van der Waals surface area contributed by atoms with Gasteiger partial charge in [-0.15, -0.1) is 0 Å². The van der Waals surface area contributed by atoms with Crippen LogP contribution in [0.4, 0.5) is 5.69 Å². The summed E-state index contributed by atoms with van der Waals surface area (Å²) in [5.74, 6) is 0.891. The van der Waals surface area contributed by atoms with Crippen molar-refractivity contribution >= 4 is 11.6 Å². The normalized spacial score (nSPS) is 16.1. The molecule has 1 heterocycles. The number of rotatable bonds is 7. The maximum Gasteiger partial charge on any atom is 0.227 e. The van der Waals surface area contributed by atoms with Gasteiger partial charge in [-0.1, -0.05) is 30.3 Å². The second-order valence-electron chi connectivity index (χ2n) is 6.88. The van der Waals surface area contributed by atoms with Crippen LogP contribution in [0.1, 0.15) is 5.56 Å². The second-order valence-corrected chi connectivity index (χ2v) is 6.88. The molecule has 1 saturated heterocycles. The number of benzene rings is 2. The summed E-state index contributed by atoms with van der Waals surface area (Å²) in [4.78, 5) is 16.5. The molecule has 6 heteroatoms. The molecule has 3 rings (SSSR count). The van der Waals surface area contributed by atoms with Crippen LogP contribution in [-0.4, -0.2) is 66.2 Å². The topological polar surface area (TPSA) is 79.0 Å². The van der Waals surface area contributed by atoms with E-state index >= 15 is 0 Å². The number of ether oxygens (including phenoxy) is 1. The number of nitrogens with two attached hydrogens (primary N) is 1. The van der Waals surface area contributed by atoms with Gasteiger partial charge in [-0.3, -0.25) is 9.69 Å². The molecule has 0 aromatic heterocycles. The van der Waals surface area contributed by atoms with E-state index in [-0.39, 0.29) is 12.5 Å². The van der Waals surface area contributed by atoms with Gasteiger partial charge in [0.25, 0.3) is 0 Å². The molecule has 1 aliphatic heterocycles. The molecule has 1 atom stereocenters. The monoisotopic (exact) mass is 369 g/mol. The third-order valence-corrected chi connectivity index (χ3v) is 4.71. The molecule has 2 aromatic carbocycles. The summed E-state index contributed by atoms with van der Waals surface area (Å²) in [7, 11) is 0. The lowest BCUT2D eigenvalue weighted by Crippen LogP contribution is -2.51. The van der Waals surface area contributed by atoms with E-state index in [0.717, 1.165) is 24.4 Å². The SMILES string of the molecule is Nc1ccc(CC(=O)N2CCN(CC(O)COc3ccccc3)CC2)cc1. The molecule has 144 valence electrons. The van der Waals surface area contributed by atoms with Crippen LogP contribution in [0.3, 0.4) is 0 Å². The van der Waals surface area contributed by atoms with Gasteiger partial charge >= 0.3 is 0 Å². The van der Waals surface area contributed by atoms with Crippen molar-refractivity contribution in [2.75, 3.05) is 45.1 Å². The number of aliphatic hydroxyl groups excluding tert-OH is 1. The maximum absolute atomic E-state index is 12.4. The molecule has 0 spiro atoms. The summed E-state index contributed by atoms with van der Waals surface area (Å²) < 4.78 is 5.59. The van der Waals surface area contributed by atoms with Crippen LogP contribution in [0, 0.1) is 0 Å². The number of carbonyl (C=O) groups excluding carboxylic acids is 1. The lowest BCUT2D eigenvalue weighted by Gasteiger charge is -2.35. The summed E-state index contributed by atoms with van der Waals surface area (Å²) >= 11 is 0. The summed E-state index contributed by atoms with van der Waals surface area (Å²) in [5, 5.41) is 10.2. The Bertz CT molecular complexity index is 713. The van der Waals surface area contributed by atoms with E-state index in [0.29, 0.717) is 31.7 Å². The molecule has 3 N–H and O–H groups in total. The van der Waals surface area contributed by atoms with Crippen LogP contribution in [-0.2, 0) is 11.2 Å². The van der Waals surface area contributed by atoms with Gasteiger partial charge in [-0.05, 0) is 29.8 Å². The zero-order valence-electron chi connectivity index (χ0n) is 15.5. The summed E-state index contributed by atoms with van der Waals surface area (Å²) in [5.41, 5.74) is 7.36. The molecule has 1 amide bonds. The van der Waals surface area contributed by atoms with Gasteiger partial charge in [0.1, 0.15) is 18.5 Å². The van der Waals surface area contributed by atoms with Crippen molar-refractivity contribution in [1.29, 1.82) is 0 Å². The first-order valence-corrected chi connectivity index (χ1v) is 9.30. The van der Waals surface area contributed by atoms with Crippen molar-refractivity contribution in [3.63, 3.8) is 0 Å². The van der Waals surface area contributed by atoms with E-state index in [1.165, 1.54) is 0 Å². The number of carbonyl (C=O) groups is 1. The van der Waals surface area contributed by atoms with Crippen molar-refractivity contribution < 1.29 is 14.6 Å². The summed E-state index contributed by atoms with van der Waals surface area (Å²) in [6.45, 7) is 3.69. The first kappa shape index (κ1) is 19.2. The van der Waals surface area contributed by atoms with E-state index in [2.05, 4.69) is 4.90 Å².